The van der Waals surface area contributed by atoms with Crippen LogP contribution in [0, 0.1) is 12.7 Å². The molecule has 2 fully saturated rings. The van der Waals surface area contributed by atoms with E-state index in [1.165, 1.54) is 4.90 Å². The van der Waals surface area contributed by atoms with Crippen LogP contribution in [0.4, 0.5) is 10.4 Å². The standard InChI is InChI=1S/C22H18FN3O5/c1-13-6-5-9-16(17(13)23)18-24-21(31-25-18)26-11-10-15(14-7-3-2-4-8-14)12-22(26)29-19(27)20(28)30-22/h2-9,15H,10-12H2,1H3. The third-order valence-corrected chi connectivity index (χ3v) is 5.64. The van der Waals surface area contributed by atoms with Gasteiger partial charge in [0.05, 0.1) is 12.0 Å². The summed E-state index contributed by atoms with van der Waals surface area (Å²) in [5, 5.41) is 3.88. The van der Waals surface area contributed by atoms with Crippen molar-refractivity contribution in [3.8, 4) is 11.4 Å². The Kier molecular flexibility index (Phi) is 4.46. The zero-order valence-corrected chi connectivity index (χ0v) is 16.6. The lowest BCUT2D eigenvalue weighted by atomic mass is 9.87. The number of aryl methyl sites for hydroxylation is 1. The number of nitrogens with zero attached hydrogens (tertiary/aromatic N) is 3. The van der Waals surface area contributed by atoms with E-state index in [0.29, 0.717) is 18.5 Å². The SMILES string of the molecule is Cc1cccc(-c2noc(N3CCC(c4ccccc4)CC34OC(=O)C(=O)O4)n2)c1F. The Balaban J connectivity index is 1.50. The van der Waals surface area contributed by atoms with Crippen LogP contribution in [0.15, 0.2) is 53.1 Å². The normalized spacial score (nSPS) is 20.1. The Hall–Kier alpha value is -3.75. The fraction of sp³-hybridized carbons (Fsp3) is 0.273. The highest BCUT2D eigenvalue weighted by Gasteiger charge is 2.58. The number of carbonyl (C=O) groups excluding carboxylic acids is 2. The fourth-order valence-corrected chi connectivity index (χ4v) is 4.07. The van der Waals surface area contributed by atoms with Gasteiger partial charge in [0.2, 0.25) is 5.82 Å². The van der Waals surface area contributed by atoms with Gasteiger partial charge in [-0.05, 0) is 36.5 Å². The van der Waals surface area contributed by atoms with Crippen molar-refractivity contribution in [2.24, 2.45) is 0 Å². The van der Waals surface area contributed by atoms with Crippen LogP contribution in [0.3, 0.4) is 0 Å². The Bertz CT molecular complexity index is 1150. The van der Waals surface area contributed by atoms with Crippen molar-refractivity contribution >= 4 is 18.0 Å². The number of hydrogen-bond acceptors (Lipinski definition) is 8. The number of benzene rings is 2. The van der Waals surface area contributed by atoms with Gasteiger partial charge in [0, 0.05) is 6.54 Å². The minimum absolute atomic E-state index is 0.0206. The molecule has 1 atom stereocenters. The molecule has 158 valence electrons. The van der Waals surface area contributed by atoms with Crippen molar-refractivity contribution in [3.05, 3.63) is 65.5 Å². The number of halogens is 1. The van der Waals surface area contributed by atoms with Gasteiger partial charge in [0.25, 0.3) is 0 Å². The van der Waals surface area contributed by atoms with E-state index >= 15 is 0 Å². The molecule has 3 aromatic rings. The smallest absolute Gasteiger partial charge is 0.395 e. The summed E-state index contributed by atoms with van der Waals surface area (Å²) < 4.78 is 30.7. The lowest BCUT2D eigenvalue weighted by Crippen LogP contribution is -2.55. The molecule has 5 rings (SSSR count). The molecule has 1 spiro atoms. The van der Waals surface area contributed by atoms with Crippen LogP contribution >= 0.6 is 0 Å². The predicted octanol–water partition coefficient (Wildman–Crippen LogP) is 3.32. The summed E-state index contributed by atoms with van der Waals surface area (Å²) in [6, 6.07) is 14.5. The first-order chi connectivity index (χ1) is 15.0. The molecule has 1 unspecified atom stereocenters. The van der Waals surface area contributed by atoms with E-state index in [1.54, 1.807) is 25.1 Å². The second-order valence-electron chi connectivity index (χ2n) is 7.58. The van der Waals surface area contributed by atoms with Crippen molar-refractivity contribution in [2.75, 3.05) is 11.4 Å². The number of anilines is 1. The lowest BCUT2D eigenvalue weighted by molar-refractivity contribution is -0.189. The fourth-order valence-electron chi connectivity index (χ4n) is 4.07. The third-order valence-electron chi connectivity index (χ3n) is 5.64. The van der Waals surface area contributed by atoms with Crippen LogP contribution < -0.4 is 4.90 Å². The molecule has 0 saturated carbocycles. The highest BCUT2D eigenvalue weighted by atomic mass is 19.1. The van der Waals surface area contributed by atoms with Crippen LogP contribution in [0.5, 0.6) is 0 Å². The summed E-state index contributed by atoms with van der Waals surface area (Å²) in [5.41, 5.74) is 1.67. The van der Waals surface area contributed by atoms with Crippen LogP contribution in [0.25, 0.3) is 11.4 Å². The molecule has 2 aliphatic heterocycles. The Morgan fingerprint density at radius 2 is 1.81 bits per heavy atom. The molecule has 3 heterocycles. The molecule has 1 aromatic heterocycles. The van der Waals surface area contributed by atoms with Gasteiger partial charge in [-0.15, -0.1) is 0 Å². The second-order valence-corrected chi connectivity index (χ2v) is 7.58. The monoisotopic (exact) mass is 423 g/mol. The number of hydrogen-bond donors (Lipinski definition) is 0. The Morgan fingerprint density at radius 3 is 2.55 bits per heavy atom. The van der Waals surface area contributed by atoms with E-state index in [2.05, 4.69) is 10.1 Å². The van der Waals surface area contributed by atoms with Gasteiger partial charge < -0.3 is 14.0 Å². The highest BCUT2D eigenvalue weighted by molar-refractivity contribution is 6.31. The van der Waals surface area contributed by atoms with E-state index in [9.17, 15) is 14.0 Å². The second kappa shape index (κ2) is 7.19. The summed E-state index contributed by atoms with van der Waals surface area (Å²) in [5.74, 6) is -4.28. The average molecular weight is 423 g/mol. The van der Waals surface area contributed by atoms with Crippen molar-refractivity contribution in [2.45, 2.75) is 31.6 Å². The maximum Gasteiger partial charge on any atom is 0.422 e. The molecular weight excluding hydrogens is 405 g/mol. The van der Waals surface area contributed by atoms with Gasteiger partial charge in [0.15, 0.2) is 0 Å². The minimum atomic E-state index is -1.69. The lowest BCUT2D eigenvalue weighted by Gasteiger charge is -2.42. The number of aromatic nitrogens is 2. The zero-order valence-electron chi connectivity index (χ0n) is 16.6. The molecule has 8 nitrogen and oxygen atoms in total. The molecule has 0 aliphatic carbocycles. The van der Waals surface area contributed by atoms with Crippen molar-refractivity contribution in [3.63, 3.8) is 0 Å². The van der Waals surface area contributed by atoms with E-state index in [4.69, 9.17) is 14.0 Å². The van der Waals surface area contributed by atoms with Crippen LogP contribution in [0.1, 0.15) is 29.9 Å². The first-order valence-electron chi connectivity index (χ1n) is 9.85. The van der Waals surface area contributed by atoms with Crippen LogP contribution in [-0.4, -0.2) is 34.5 Å². The summed E-state index contributed by atoms with van der Waals surface area (Å²) in [7, 11) is 0. The first kappa shape index (κ1) is 19.2. The Morgan fingerprint density at radius 1 is 1.06 bits per heavy atom. The van der Waals surface area contributed by atoms with E-state index in [0.717, 1.165) is 5.56 Å². The van der Waals surface area contributed by atoms with E-state index in [-0.39, 0.29) is 29.7 Å². The quantitative estimate of drug-likeness (QED) is 0.468. The molecule has 9 heteroatoms. The van der Waals surface area contributed by atoms with Crippen LogP contribution in [-0.2, 0) is 19.1 Å². The summed E-state index contributed by atoms with van der Waals surface area (Å²) in [6.45, 7) is 1.96. The van der Waals surface area contributed by atoms with Gasteiger partial charge in [-0.2, -0.15) is 4.98 Å². The average Bonchev–Trinajstić information content (AvgIpc) is 3.35. The molecule has 2 saturated heterocycles. The zero-order chi connectivity index (χ0) is 21.6. The molecule has 0 N–H and O–H groups in total. The molecule has 31 heavy (non-hydrogen) atoms. The number of piperidine rings is 1. The minimum Gasteiger partial charge on any atom is -0.395 e. The molecule has 2 aromatic carbocycles. The largest absolute Gasteiger partial charge is 0.422 e. The predicted molar refractivity (Wildman–Crippen MR) is 105 cm³/mol. The van der Waals surface area contributed by atoms with Gasteiger partial charge in [-0.25, -0.2) is 14.0 Å². The number of carbonyl (C=O) groups is 2. The summed E-state index contributed by atoms with van der Waals surface area (Å²) in [6.07, 6.45) is 0.863. The van der Waals surface area contributed by atoms with Gasteiger partial charge in [0.1, 0.15) is 5.82 Å². The van der Waals surface area contributed by atoms with E-state index < -0.39 is 23.7 Å². The topological polar surface area (TPSA) is 94.8 Å². The summed E-state index contributed by atoms with van der Waals surface area (Å²) in [4.78, 5) is 29.6. The third kappa shape index (κ3) is 3.22. The molecular formula is C22H18FN3O5. The van der Waals surface area contributed by atoms with Crippen LogP contribution in [0.2, 0.25) is 0 Å². The highest BCUT2D eigenvalue weighted by Crippen LogP contribution is 2.44. The molecule has 0 amide bonds. The van der Waals surface area contributed by atoms with Crippen molar-refractivity contribution < 1.29 is 28.0 Å². The van der Waals surface area contributed by atoms with Gasteiger partial charge in [-0.1, -0.05) is 47.6 Å². The molecule has 2 aliphatic rings. The first-order valence-corrected chi connectivity index (χ1v) is 9.85. The maximum atomic E-state index is 14.5. The van der Waals surface area contributed by atoms with Crippen molar-refractivity contribution in [1.82, 2.24) is 10.1 Å². The van der Waals surface area contributed by atoms with Gasteiger partial charge >= 0.3 is 23.9 Å². The summed E-state index contributed by atoms with van der Waals surface area (Å²) >= 11 is 0. The number of esters is 2. The molecule has 0 radical (unpaired) electrons. The maximum absolute atomic E-state index is 14.5. The van der Waals surface area contributed by atoms with Crippen molar-refractivity contribution in [1.29, 1.82) is 0 Å². The number of rotatable bonds is 3. The number of ether oxygens (including phenoxy) is 2. The molecule has 0 bridgehead atoms. The van der Waals surface area contributed by atoms with E-state index in [1.807, 2.05) is 30.3 Å². The Labute approximate surface area is 176 Å². The van der Waals surface area contributed by atoms with Gasteiger partial charge in [-0.3, -0.25) is 4.90 Å².